The highest BCUT2D eigenvalue weighted by Crippen LogP contribution is 2.24. The third-order valence-corrected chi connectivity index (χ3v) is 3.38. The Kier molecular flexibility index (Phi) is 4.53. The van der Waals surface area contributed by atoms with Crippen LogP contribution in [0.1, 0.15) is 19.5 Å². The molecule has 0 radical (unpaired) electrons. The van der Waals surface area contributed by atoms with Crippen LogP contribution in [0.3, 0.4) is 0 Å². The van der Waals surface area contributed by atoms with E-state index in [1.54, 1.807) is 18.2 Å². The van der Waals surface area contributed by atoms with Gasteiger partial charge in [0.2, 0.25) is 0 Å². The monoisotopic (exact) mass is 342 g/mol. The van der Waals surface area contributed by atoms with Crippen molar-refractivity contribution in [2.45, 2.75) is 20.3 Å². The lowest BCUT2D eigenvalue weighted by molar-refractivity contribution is 0.621. The van der Waals surface area contributed by atoms with Crippen molar-refractivity contribution in [3.63, 3.8) is 0 Å². The second kappa shape index (κ2) is 5.97. The summed E-state index contributed by atoms with van der Waals surface area (Å²) in [7, 11) is 0. The van der Waals surface area contributed by atoms with Gasteiger partial charge in [-0.3, -0.25) is 0 Å². The maximum absolute atomic E-state index is 13.5. The molecule has 0 amide bonds. The van der Waals surface area contributed by atoms with Crippen molar-refractivity contribution < 1.29 is 4.39 Å². The minimum atomic E-state index is -0.341. The molecule has 0 saturated carbocycles. The fourth-order valence-electron chi connectivity index (χ4n) is 1.75. The summed E-state index contributed by atoms with van der Waals surface area (Å²) in [5.74, 6) is 0.585. The molecule has 0 spiro atoms. The molecule has 0 N–H and O–H groups in total. The summed E-state index contributed by atoms with van der Waals surface area (Å²) in [5, 5.41) is 0.379. The molecule has 0 atom stereocenters. The molecule has 1 aromatic heterocycles. The Bertz CT molecular complexity index is 602. The van der Waals surface area contributed by atoms with Gasteiger partial charge in [-0.2, -0.15) is 0 Å². The van der Waals surface area contributed by atoms with E-state index in [9.17, 15) is 4.39 Å². The largest absolute Gasteiger partial charge is 0.233 e. The van der Waals surface area contributed by atoms with Crippen LogP contribution in [-0.2, 0) is 6.42 Å². The van der Waals surface area contributed by atoms with Gasteiger partial charge in [0.05, 0.1) is 4.47 Å². The lowest BCUT2D eigenvalue weighted by Gasteiger charge is -2.07. The summed E-state index contributed by atoms with van der Waals surface area (Å²) >= 11 is 9.12. The van der Waals surface area contributed by atoms with Crippen molar-refractivity contribution in [3.8, 4) is 11.4 Å². The first-order valence-corrected chi connectivity index (χ1v) is 7.11. The van der Waals surface area contributed by atoms with Crippen LogP contribution in [0.25, 0.3) is 11.4 Å². The number of halogens is 3. The van der Waals surface area contributed by atoms with E-state index in [2.05, 4.69) is 39.7 Å². The number of nitrogens with zero attached hydrogens (tertiary/aromatic N) is 2. The summed E-state index contributed by atoms with van der Waals surface area (Å²) in [4.78, 5) is 8.59. The number of rotatable bonds is 3. The molecule has 1 heterocycles. The van der Waals surface area contributed by atoms with Gasteiger partial charge in [-0.15, -0.1) is 0 Å². The van der Waals surface area contributed by atoms with Crippen molar-refractivity contribution in [3.05, 3.63) is 45.4 Å². The van der Waals surface area contributed by atoms with Crippen LogP contribution in [0.4, 0.5) is 4.39 Å². The molecule has 0 aliphatic heterocycles. The first kappa shape index (κ1) is 14.4. The Balaban J connectivity index is 2.43. The summed E-state index contributed by atoms with van der Waals surface area (Å²) in [6.45, 7) is 4.21. The van der Waals surface area contributed by atoms with E-state index in [0.29, 0.717) is 26.9 Å². The Morgan fingerprint density at radius 1 is 1.26 bits per heavy atom. The SMILES string of the molecule is CC(C)Cc1cc(Cl)nc(-c2ccc(Br)c(F)c2)n1. The van der Waals surface area contributed by atoms with Crippen LogP contribution >= 0.6 is 27.5 Å². The van der Waals surface area contributed by atoms with E-state index < -0.39 is 0 Å². The van der Waals surface area contributed by atoms with Gasteiger partial charge in [-0.05, 0) is 52.5 Å². The van der Waals surface area contributed by atoms with E-state index in [1.807, 2.05) is 0 Å². The molecule has 2 aromatic rings. The predicted octanol–water partition coefficient (Wildman–Crippen LogP) is 4.90. The molecule has 1 aromatic carbocycles. The molecule has 100 valence electrons. The Morgan fingerprint density at radius 2 is 2.00 bits per heavy atom. The summed E-state index contributed by atoms with van der Waals surface area (Å²) < 4.78 is 14.0. The van der Waals surface area contributed by atoms with Gasteiger partial charge in [0.15, 0.2) is 5.82 Å². The maximum atomic E-state index is 13.5. The fourth-order valence-corrected chi connectivity index (χ4v) is 2.20. The smallest absolute Gasteiger partial charge is 0.161 e. The maximum Gasteiger partial charge on any atom is 0.161 e. The average molecular weight is 344 g/mol. The van der Waals surface area contributed by atoms with Gasteiger partial charge in [0.1, 0.15) is 11.0 Å². The van der Waals surface area contributed by atoms with Crippen LogP contribution in [0.15, 0.2) is 28.7 Å². The highest BCUT2D eigenvalue weighted by molar-refractivity contribution is 9.10. The van der Waals surface area contributed by atoms with Crippen molar-refractivity contribution >= 4 is 27.5 Å². The third-order valence-electron chi connectivity index (χ3n) is 2.54. The van der Waals surface area contributed by atoms with E-state index in [4.69, 9.17) is 11.6 Å². The zero-order valence-corrected chi connectivity index (χ0v) is 13.0. The Hall–Kier alpha value is -1.00. The molecule has 0 unspecified atom stereocenters. The average Bonchev–Trinajstić information content (AvgIpc) is 2.31. The van der Waals surface area contributed by atoms with Crippen molar-refractivity contribution in [2.75, 3.05) is 0 Å². The lowest BCUT2D eigenvalue weighted by atomic mass is 10.1. The van der Waals surface area contributed by atoms with E-state index in [0.717, 1.165) is 12.1 Å². The molecule has 2 rings (SSSR count). The zero-order valence-electron chi connectivity index (χ0n) is 10.6. The van der Waals surface area contributed by atoms with Crippen molar-refractivity contribution in [1.82, 2.24) is 9.97 Å². The fraction of sp³-hybridized carbons (Fsp3) is 0.286. The lowest BCUT2D eigenvalue weighted by Crippen LogP contribution is -2.01. The van der Waals surface area contributed by atoms with Crippen LogP contribution < -0.4 is 0 Å². The standard InChI is InChI=1S/C14H13BrClFN2/c1-8(2)5-10-7-13(16)19-14(18-10)9-3-4-11(15)12(17)6-9/h3-4,6-8H,5H2,1-2H3. The van der Waals surface area contributed by atoms with Gasteiger partial charge >= 0.3 is 0 Å². The van der Waals surface area contributed by atoms with Gasteiger partial charge < -0.3 is 0 Å². The molecule has 0 aliphatic rings. The number of aromatic nitrogens is 2. The molecule has 0 saturated heterocycles. The van der Waals surface area contributed by atoms with E-state index in [1.165, 1.54) is 6.07 Å². The summed E-state index contributed by atoms with van der Waals surface area (Å²) in [5.41, 5.74) is 1.49. The molecule has 0 fully saturated rings. The summed E-state index contributed by atoms with van der Waals surface area (Å²) in [6, 6.07) is 6.55. The van der Waals surface area contributed by atoms with Crippen molar-refractivity contribution in [2.24, 2.45) is 5.92 Å². The molecule has 2 nitrogen and oxygen atoms in total. The van der Waals surface area contributed by atoms with Gasteiger partial charge in [0.25, 0.3) is 0 Å². The van der Waals surface area contributed by atoms with Crippen LogP contribution in [0, 0.1) is 11.7 Å². The van der Waals surface area contributed by atoms with Crippen molar-refractivity contribution in [1.29, 1.82) is 0 Å². The predicted molar refractivity (Wildman–Crippen MR) is 78.7 cm³/mol. The van der Waals surface area contributed by atoms with Gasteiger partial charge in [0, 0.05) is 11.3 Å². The molecule has 0 aliphatic carbocycles. The molecule has 5 heteroatoms. The highest BCUT2D eigenvalue weighted by atomic mass is 79.9. The van der Waals surface area contributed by atoms with E-state index >= 15 is 0 Å². The first-order valence-electron chi connectivity index (χ1n) is 5.94. The topological polar surface area (TPSA) is 25.8 Å². The minimum absolute atomic E-state index is 0.341. The second-order valence-corrected chi connectivity index (χ2v) is 5.97. The molecule has 19 heavy (non-hydrogen) atoms. The first-order chi connectivity index (χ1) is 8.95. The Morgan fingerprint density at radius 3 is 2.63 bits per heavy atom. The molecule has 0 bridgehead atoms. The van der Waals surface area contributed by atoms with Gasteiger partial charge in [-0.1, -0.05) is 25.4 Å². The Labute approximate surface area is 125 Å². The quantitative estimate of drug-likeness (QED) is 0.741. The molecular weight excluding hydrogens is 331 g/mol. The van der Waals surface area contributed by atoms with Gasteiger partial charge in [-0.25, -0.2) is 14.4 Å². The van der Waals surface area contributed by atoms with Crippen LogP contribution in [0.5, 0.6) is 0 Å². The minimum Gasteiger partial charge on any atom is -0.233 e. The number of hydrogen-bond donors (Lipinski definition) is 0. The number of benzene rings is 1. The zero-order chi connectivity index (χ0) is 14.0. The third kappa shape index (κ3) is 3.74. The molecular formula is C14H13BrClFN2. The summed E-state index contributed by atoms with van der Waals surface area (Å²) in [6.07, 6.45) is 0.814. The normalized spacial score (nSPS) is 11.1. The van der Waals surface area contributed by atoms with Crippen LogP contribution in [0.2, 0.25) is 5.15 Å². The highest BCUT2D eigenvalue weighted by Gasteiger charge is 2.09. The van der Waals surface area contributed by atoms with Crippen LogP contribution in [-0.4, -0.2) is 9.97 Å². The second-order valence-electron chi connectivity index (χ2n) is 4.73. The van der Waals surface area contributed by atoms with E-state index in [-0.39, 0.29) is 5.82 Å². The number of hydrogen-bond acceptors (Lipinski definition) is 2.